The van der Waals surface area contributed by atoms with Gasteiger partial charge in [0.05, 0.1) is 0 Å². The van der Waals surface area contributed by atoms with Gasteiger partial charge in [-0.15, -0.1) is 0 Å². The zero-order chi connectivity index (χ0) is 19.4. The zero-order valence-corrected chi connectivity index (χ0v) is 16.0. The summed E-state index contributed by atoms with van der Waals surface area (Å²) in [6.45, 7) is 3.56. The van der Waals surface area contributed by atoms with Gasteiger partial charge in [-0.25, -0.2) is 4.79 Å². The minimum Gasteiger partial charge on any atom is -0.482 e. The van der Waals surface area contributed by atoms with Crippen LogP contribution in [-0.2, 0) is 17.6 Å². The average molecular weight is 385 g/mol. The summed E-state index contributed by atoms with van der Waals surface area (Å²) in [6, 6.07) is 15.5. The minimum absolute atomic E-state index is 0.331. The van der Waals surface area contributed by atoms with E-state index in [0.717, 1.165) is 35.5 Å². The molecule has 0 saturated carbocycles. The van der Waals surface area contributed by atoms with E-state index in [-0.39, 0.29) is 6.61 Å². The quantitative estimate of drug-likeness (QED) is 0.587. The molecule has 3 rings (SSSR count). The number of hydrogen-bond donors (Lipinski definition) is 1. The van der Waals surface area contributed by atoms with E-state index in [1.807, 2.05) is 56.3 Å². The Morgan fingerprint density at radius 1 is 1.07 bits per heavy atom. The second-order valence-corrected chi connectivity index (χ2v) is 6.92. The molecule has 0 fully saturated rings. The van der Waals surface area contributed by atoms with Crippen molar-refractivity contribution in [3.63, 3.8) is 0 Å². The lowest BCUT2D eigenvalue weighted by Gasteiger charge is -2.09. The van der Waals surface area contributed by atoms with Gasteiger partial charge in [0.2, 0.25) is 0 Å². The Hall–Kier alpha value is -2.72. The van der Waals surface area contributed by atoms with Crippen molar-refractivity contribution in [1.29, 1.82) is 0 Å². The van der Waals surface area contributed by atoms with E-state index < -0.39 is 5.97 Å². The van der Waals surface area contributed by atoms with Gasteiger partial charge in [0.15, 0.2) is 6.61 Å². The maximum absolute atomic E-state index is 10.6. The van der Waals surface area contributed by atoms with Gasteiger partial charge in [-0.05, 0) is 79.8 Å². The van der Waals surface area contributed by atoms with Crippen LogP contribution in [-0.4, -0.2) is 17.7 Å². The number of benzene rings is 2. The largest absolute Gasteiger partial charge is 0.482 e. The summed E-state index contributed by atoms with van der Waals surface area (Å²) < 4.78 is 11.2. The molecule has 0 radical (unpaired) electrons. The molecule has 0 saturated heterocycles. The summed E-state index contributed by atoms with van der Waals surface area (Å²) in [5, 5.41) is 9.42. The lowest BCUT2D eigenvalue weighted by Crippen LogP contribution is -2.10. The fourth-order valence-electron chi connectivity index (χ4n) is 2.97. The van der Waals surface area contributed by atoms with E-state index in [2.05, 4.69) is 6.07 Å². The second-order valence-electron chi connectivity index (χ2n) is 6.48. The maximum atomic E-state index is 10.6. The molecule has 5 heteroatoms. The molecule has 0 amide bonds. The number of furan rings is 1. The minimum atomic E-state index is -0.981. The number of rotatable bonds is 7. The second kappa shape index (κ2) is 8.31. The predicted molar refractivity (Wildman–Crippen MR) is 106 cm³/mol. The first-order chi connectivity index (χ1) is 12.9. The predicted octanol–water partition coefficient (Wildman–Crippen LogP) is 5.47. The highest BCUT2D eigenvalue weighted by molar-refractivity contribution is 6.30. The molecule has 3 aromatic rings. The van der Waals surface area contributed by atoms with Crippen molar-refractivity contribution in [3.8, 4) is 17.1 Å². The van der Waals surface area contributed by atoms with Crippen LogP contribution in [0.3, 0.4) is 0 Å². The van der Waals surface area contributed by atoms with Crippen LogP contribution in [0, 0.1) is 13.8 Å². The van der Waals surface area contributed by atoms with Gasteiger partial charge in [0, 0.05) is 10.6 Å². The molecule has 27 heavy (non-hydrogen) atoms. The van der Waals surface area contributed by atoms with Crippen molar-refractivity contribution in [3.05, 3.63) is 76.0 Å². The van der Waals surface area contributed by atoms with Crippen LogP contribution in [0.2, 0.25) is 5.02 Å². The van der Waals surface area contributed by atoms with Crippen molar-refractivity contribution < 1.29 is 19.1 Å². The number of aryl methyl sites for hydroxylation is 4. The summed E-state index contributed by atoms with van der Waals surface area (Å²) in [5.74, 6) is 1.38. The van der Waals surface area contributed by atoms with Crippen LogP contribution in [0.25, 0.3) is 11.3 Å². The SMILES string of the molecule is Cc1cc(CCc2cc(-c3ccc(Cl)cc3)oc2C)ccc1OCC(=O)O. The van der Waals surface area contributed by atoms with Crippen molar-refractivity contribution in [1.82, 2.24) is 0 Å². The molecule has 0 aliphatic carbocycles. The number of aliphatic carboxylic acids is 1. The third kappa shape index (κ3) is 4.92. The molecule has 140 valence electrons. The number of carboxylic acids is 1. The van der Waals surface area contributed by atoms with Crippen LogP contribution < -0.4 is 4.74 Å². The third-order valence-corrected chi connectivity index (χ3v) is 4.67. The van der Waals surface area contributed by atoms with E-state index in [9.17, 15) is 4.79 Å². The molecule has 0 atom stereocenters. The highest BCUT2D eigenvalue weighted by Crippen LogP contribution is 2.28. The number of halogens is 1. The molecule has 1 N–H and O–H groups in total. The fraction of sp³-hybridized carbons (Fsp3) is 0.227. The monoisotopic (exact) mass is 384 g/mol. The highest BCUT2D eigenvalue weighted by Gasteiger charge is 2.10. The molecule has 2 aromatic carbocycles. The van der Waals surface area contributed by atoms with E-state index in [1.165, 1.54) is 11.1 Å². The smallest absolute Gasteiger partial charge is 0.341 e. The van der Waals surface area contributed by atoms with Gasteiger partial charge >= 0.3 is 5.97 Å². The molecular formula is C22H21ClO4. The summed E-state index contributed by atoms with van der Waals surface area (Å²) in [6.07, 6.45) is 1.72. The first-order valence-electron chi connectivity index (χ1n) is 8.72. The van der Waals surface area contributed by atoms with E-state index in [4.69, 9.17) is 25.9 Å². The highest BCUT2D eigenvalue weighted by atomic mass is 35.5. The van der Waals surface area contributed by atoms with Gasteiger partial charge in [0.25, 0.3) is 0 Å². The zero-order valence-electron chi connectivity index (χ0n) is 15.3. The lowest BCUT2D eigenvalue weighted by molar-refractivity contribution is -0.139. The third-order valence-electron chi connectivity index (χ3n) is 4.42. The van der Waals surface area contributed by atoms with Crippen LogP contribution in [0.15, 0.2) is 52.9 Å². The Morgan fingerprint density at radius 3 is 2.48 bits per heavy atom. The molecule has 0 aliphatic rings. The van der Waals surface area contributed by atoms with Gasteiger partial charge in [-0.1, -0.05) is 23.7 Å². The Morgan fingerprint density at radius 2 is 1.81 bits per heavy atom. The molecular weight excluding hydrogens is 364 g/mol. The van der Waals surface area contributed by atoms with E-state index in [0.29, 0.717) is 10.8 Å². The molecule has 0 bridgehead atoms. The molecule has 1 heterocycles. The summed E-state index contributed by atoms with van der Waals surface area (Å²) >= 11 is 5.94. The van der Waals surface area contributed by atoms with Crippen molar-refractivity contribution in [2.45, 2.75) is 26.7 Å². The number of carbonyl (C=O) groups is 1. The Balaban J connectivity index is 1.67. The van der Waals surface area contributed by atoms with Gasteiger partial charge in [-0.2, -0.15) is 0 Å². The Kier molecular flexibility index (Phi) is 5.87. The van der Waals surface area contributed by atoms with Crippen LogP contribution in [0.5, 0.6) is 5.75 Å². The molecule has 1 aromatic heterocycles. The van der Waals surface area contributed by atoms with Gasteiger partial charge in [0.1, 0.15) is 17.3 Å². The first-order valence-corrected chi connectivity index (χ1v) is 9.09. The number of hydrogen-bond acceptors (Lipinski definition) is 3. The van der Waals surface area contributed by atoms with Crippen molar-refractivity contribution in [2.75, 3.05) is 6.61 Å². The normalized spacial score (nSPS) is 10.8. The van der Waals surface area contributed by atoms with E-state index in [1.54, 1.807) is 0 Å². The maximum Gasteiger partial charge on any atom is 0.341 e. The van der Waals surface area contributed by atoms with E-state index >= 15 is 0 Å². The van der Waals surface area contributed by atoms with Crippen molar-refractivity contribution >= 4 is 17.6 Å². The molecule has 0 spiro atoms. The Labute approximate surface area is 163 Å². The fourth-order valence-corrected chi connectivity index (χ4v) is 3.10. The summed E-state index contributed by atoms with van der Waals surface area (Å²) in [4.78, 5) is 10.6. The topological polar surface area (TPSA) is 59.7 Å². The van der Waals surface area contributed by atoms with Crippen LogP contribution >= 0.6 is 11.6 Å². The molecule has 0 aliphatic heterocycles. The molecule has 4 nitrogen and oxygen atoms in total. The van der Waals surface area contributed by atoms with Crippen molar-refractivity contribution in [2.24, 2.45) is 0 Å². The number of ether oxygens (including phenoxy) is 1. The average Bonchev–Trinajstić information content (AvgIpc) is 3.00. The first kappa shape index (κ1) is 19.1. The molecule has 0 unspecified atom stereocenters. The summed E-state index contributed by atoms with van der Waals surface area (Å²) in [7, 11) is 0. The Bertz CT molecular complexity index is 941. The van der Waals surface area contributed by atoms with Gasteiger partial charge in [-0.3, -0.25) is 0 Å². The lowest BCUT2D eigenvalue weighted by atomic mass is 10.0. The standard InChI is InChI=1S/C22H21ClO4/c1-14-11-16(4-10-20(14)26-13-22(24)25)3-5-18-12-21(27-15(18)2)17-6-8-19(23)9-7-17/h4,6-12H,3,5,13H2,1-2H3,(H,24,25). The van der Waals surface area contributed by atoms with Gasteiger partial charge < -0.3 is 14.3 Å². The number of carboxylic acid groups (broad SMARTS) is 1. The summed E-state index contributed by atoms with van der Waals surface area (Å²) in [5.41, 5.74) is 4.27. The van der Waals surface area contributed by atoms with Crippen LogP contribution in [0.1, 0.15) is 22.5 Å². The van der Waals surface area contributed by atoms with Crippen LogP contribution in [0.4, 0.5) is 0 Å².